The summed E-state index contributed by atoms with van der Waals surface area (Å²) in [6.45, 7) is 4.01. The van der Waals surface area contributed by atoms with Gasteiger partial charge in [-0.1, -0.05) is 36.8 Å². The standard InChI is InChI=1S/C27H31NO3/c29-24-12-8-21(9-13-24)7-10-22-11-14-25(30)20-27(22)23-5-4-6-26(19-23)31-18-17-28-15-2-1-3-16-28/h4-6,8-9,11-14,19-20,29-30H,1-3,7,10,15-18H2. The van der Waals surface area contributed by atoms with Crippen molar-refractivity contribution in [3.05, 3.63) is 77.9 Å². The average molecular weight is 418 g/mol. The molecule has 4 heteroatoms. The molecule has 0 atom stereocenters. The summed E-state index contributed by atoms with van der Waals surface area (Å²) in [7, 11) is 0. The van der Waals surface area contributed by atoms with Gasteiger partial charge in [0.05, 0.1) is 0 Å². The highest BCUT2D eigenvalue weighted by atomic mass is 16.5. The highest BCUT2D eigenvalue weighted by Gasteiger charge is 2.11. The molecular weight excluding hydrogens is 386 g/mol. The number of benzene rings is 3. The third-order valence-corrected chi connectivity index (χ3v) is 5.98. The van der Waals surface area contributed by atoms with Crippen LogP contribution in [0.1, 0.15) is 30.4 Å². The van der Waals surface area contributed by atoms with Gasteiger partial charge < -0.3 is 14.9 Å². The molecule has 1 saturated heterocycles. The van der Waals surface area contributed by atoms with Crippen molar-refractivity contribution < 1.29 is 14.9 Å². The van der Waals surface area contributed by atoms with Gasteiger partial charge >= 0.3 is 0 Å². The Morgan fingerprint density at radius 2 is 1.55 bits per heavy atom. The van der Waals surface area contributed by atoms with Gasteiger partial charge in [0, 0.05) is 6.54 Å². The zero-order valence-corrected chi connectivity index (χ0v) is 18.0. The van der Waals surface area contributed by atoms with Gasteiger partial charge in [0.1, 0.15) is 23.9 Å². The molecule has 0 radical (unpaired) electrons. The third kappa shape index (κ3) is 6.02. The van der Waals surface area contributed by atoms with E-state index in [0.29, 0.717) is 6.61 Å². The lowest BCUT2D eigenvalue weighted by Gasteiger charge is -2.26. The van der Waals surface area contributed by atoms with Crippen molar-refractivity contribution in [1.82, 2.24) is 4.90 Å². The first-order valence-electron chi connectivity index (χ1n) is 11.2. The molecule has 0 aromatic heterocycles. The minimum Gasteiger partial charge on any atom is -0.508 e. The summed E-state index contributed by atoms with van der Waals surface area (Å²) in [5, 5.41) is 19.6. The highest BCUT2D eigenvalue weighted by Crippen LogP contribution is 2.31. The summed E-state index contributed by atoms with van der Waals surface area (Å²) in [6, 6.07) is 21.1. The SMILES string of the molecule is Oc1ccc(CCc2ccc(O)cc2-c2cccc(OCCN3CCCCC3)c2)cc1. The summed E-state index contributed by atoms with van der Waals surface area (Å²) < 4.78 is 6.05. The molecule has 0 bridgehead atoms. The molecule has 0 amide bonds. The van der Waals surface area contributed by atoms with Gasteiger partial charge in [-0.25, -0.2) is 0 Å². The van der Waals surface area contributed by atoms with Crippen LogP contribution >= 0.6 is 0 Å². The Morgan fingerprint density at radius 3 is 2.35 bits per heavy atom. The van der Waals surface area contributed by atoms with Crippen LogP contribution in [0.4, 0.5) is 0 Å². The Balaban J connectivity index is 1.44. The number of phenols is 2. The molecule has 3 aromatic rings. The second kappa shape index (κ2) is 10.4. The van der Waals surface area contributed by atoms with Gasteiger partial charge in [-0.05, 0) is 97.4 Å². The van der Waals surface area contributed by atoms with E-state index in [0.717, 1.165) is 36.3 Å². The van der Waals surface area contributed by atoms with E-state index in [9.17, 15) is 10.2 Å². The normalized spacial score (nSPS) is 14.5. The number of likely N-dealkylation sites (tertiary alicyclic amines) is 1. The molecule has 4 nitrogen and oxygen atoms in total. The fourth-order valence-electron chi connectivity index (χ4n) is 4.22. The van der Waals surface area contributed by atoms with Crippen molar-refractivity contribution in [3.63, 3.8) is 0 Å². The predicted octanol–water partition coefficient (Wildman–Crippen LogP) is 5.41. The van der Waals surface area contributed by atoms with Crippen LogP contribution < -0.4 is 4.74 Å². The lowest BCUT2D eigenvalue weighted by Crippen LogP contribution is -2.33. The number of aryl methyl sites for hydroxylation is 2. The maximum atomic E-state index is 10.1. The minimum absolute atomic E-state index is 0.264. The summed E-state index contributed by atoms with van der Waals surface area (Å²) in [5.41, 5.74) is 4.43. The Morgan fingerprint density at radius 1 is 0.774 bits per heavy atom. The van der Waals surface area contributed by atoms with E-state index in [1.807, 2.05) is 36.4 Å². The predicted molar refractivity (Wildman–Crippen MR) is 125 cm³/mol. The van der Waals surface area contributed by atoms with E-state index in [4.69, 9.17) is 4.74 Å². The van der Waals surface area contributed by atoms with Crippen molar-refractivity contribution >= 4 is 0 Å². The summed E-state index contributed by atoms with van der Waals surface area (Å²) >= 11 is 0. The topological polar surface area (TPSA) is 52.9 Å². The molecule has 162 valence electrons. The van der Waals surface area contributed by atoms with Crippen LogP contribution in [0.3, 0.4) is 0 Å². The lowest BCUT2D eigenvalue weighted by atomic mass is 9.94. The summed E-state index contributed by atoms with van der Waals surface area (Å²) in [6.07, 6.45) is 5.64. The molecule has 1 heterocycles. The third-order valence-electron chi connectivity index (χ3n) is 5.98. The van der Waals surface area contributed by atoms with Gasteiger partial charge in [0.25, 0.3) is 0 Å². The number of hydrogen-bond donors (Lipinski definition) is 2. The van der Waals surface area contributed by atoms with E-state index < -0.39 is 0 Å². The van der Waals surface area contributed by atoms with Crippen LogP contribution in [0.25, 0.3) is 11.1 Å². The molecule has 31 heavy (non-hydrogen) atoms. The van der Waals surface area contributed by atoms with Crippen LogP contribution in [0.2, 0.25) is 0 Å². The maximum absolute atomic E-state index is 10.1. The molecule has 0 aliphatic carbocycles. The number of phenolic OH excluding ortho intramolecular Hbond substituents is 2. The number of rotatable bonds is 8. The summed E-state index contributed by atoms with van der Waals surface area (Å²) in [4.78, 5) is 2.48. The van der Waals surface area contributed by atoms with Crippen molar-refractivity contribution in [3.8, 4) is 28.4 Å². The zero-order chi connectivity index (χ0) is 21.5. The van der Waals surface area contributed by atoms with Crippen LogP contribution in [-0.4, -0.2) is 41.4 Å². The molecule has 0 unspecified atom stereocenters. The molecule has 1 aliphatic heterocycles. The van der Waals surface area contributed by atoms with Gasteiger partial charge in [-0.2, -0.15) is 0 Å². The van der Waals surface area contributed by atoms with E-state index in [-0.39, 0.29) is 11.5 Å². The van der Waals surface area contributed by atoms with Gasteiger partial charge in [0.2, 0.25) is 0 Å². The number of hydrogen-bond acceptors (Lipinski definition) is 4. The number of piperidine rings is 1. The average Bonchev–Trinajstić information content (AvgIpc) is 2.80. The van der Waals surface area contributed by atoms with Crippen LogP contribution in [0.5, 0.6) is 17.2 Å². The second-order valence-corrected chi connectivity index (χ2v) is 8.29. The van der Waals surface area contributed by atoms with Crippen molar-refractivity contribution in [1.29, 1.82) is 0 Å². The summed E-state index contributed by atoms with van der Waals surface area (Å²) in [5.74, 6) is 1.41. The first-order chi connectivity index (χ1) is 15.2. The molecule has 1 fully saturated rings. The van der Waals surface area contributed by atoms with E-state index in [1.54, 1.807) is 18.2 Å². The fraction of sp³-hybridized carbons (Fsp3) is 0.333. The molecule has 0 saturated carbocycles. The van der Waals surface area contributed by atoms with Crippen molar-refractivity contribution in [2.75, 3.05) is 26.2 Å². The van der Waals surface area contributed by atoms with Gasteiger partial charge in [-0.3, -0.25) is 4.90 Å². The second-order valence-electron chi connectivity index (χ2n) is 8.29. The lowest BCUT2D eigenvalue weighted by molar-refractivity contribution is 0.183. The van der Waals surface area contributed by atoms with Crippen molar-refractivity contribution in [2.24, 2.45) is 0 Å². The first-order valence-corrected chi connectivity index (χ1v) is 11.2. The van der Waals surface area contributed by atoms with Crippen molar-refractivity contribution in [2.45, 2.75) is 32.1 Å². The maximum Gasteiger partial charge on any atom is 0.119 e. The molecule has 4 rings (SSSR count). The molecule has 3 aromatic carbocycles. The zero-order valence-electron chi connectivity index (χ0n) is 18.0. The molecule has 1 aliphatic rings. The molecule has 0 spiro atoms. The monoisotopic (exact) mass is 417 g/mol. The Labute approximate surface area is 184 Å². The van der Waals surface area contributed by atoms with E-state index >= 15 is 0 Å². The number of ether oxygens (including phenoxy) is 1. The Kier molecular flexibility index (Phi) is 7.11. The van der Waals surface area contributed by atoms with E-state index in [1.165, 1.54) is 43.5 Å². The van der Waals surface area contributed by atoms with Crippen LogP contribution in [0, 0.1) is 0 Å². The smallest absolute Gasteiger partial charge is 0.119 e. The Bertz CT molecular complexity index is 978. The quantitative estimate of drug-likeness (QED) is 0.514. The van der Waals surface area contributed by atoms with Crippen LogP contribution in [-0.2, 0) is 12.8 Å². The number of nitrogens with zero attached hydrogens (tertiary/aromatic N) is 1. The van der Waals surface area contributed by atoms with Gasteiger partial charge in [0.15, 0.2) is 0 Å². The first kappa shape index (κ1) is 21.3. The van der Waals surface area contributed by atoms with E-state index in [2.05, 4.69) is 17.0 Å². The largest absolute Gasteiger partial charge is 0.508 e. The number of aromatic hydroxyl groups is 2. The van der Waals surface area contributed by atoms with Crippen LogP contribution in [0.15, 0.2) is 66.7 Å². The Hall–Kier alpha value is -2.98. The van der Waals surface area contributed by atoms with Gasteiger partial charge in [-0.15, -0.1) is 0 Å². The molecular formula is C27H31NO3. The minimum atomic E-state index is 0.264. The molecule has 2 N–H and O–H groups in total. The highest BCUT2D eigenvalue weighted by molar-refractivity contribution is 5.70. The fourth-order valence-corrected chi connectivity index (χ4v) is 4.22.